The summed E-state index contributed by atoms with van der Waals surface area (Å²) in [6.07, 6.45) is 0.934. The van der Waals surface area contributed by atoms with Gasteiger partial charge in [0.1, 0.15) is 0 Å². The number of rotatable bonds is 3. The summed E-state index contributed by atoms with van der Waals surface area (Å²) in [6, 6.07) is 8.30. The fraction of sp³-hybridized carbons (Fsp3) is 0.500. The molecule has 0 N–H and O–H groups in total. The quantitative estimate of drug-likeness (QED) is 0.810. The van der Waals surface area contributed by atoms with Crippen LogP contribution in [0.15, 0.2) is 24.3 Å². The van der Waals surface area contributed by atoms with Crippen LogP contribution in [0.25, 0.3) is 0 Å². The van der Waals surface area contributed by atoms with Crippen molar-refractivity contribution in [2.75, 3.05) is 32.8 Å². The van der Waals surface area contributed by atoms with Gasteiger partial charge in [0.25, 0.3) is 5.91 Å². The van der Waals surface area contributed by atoms with Gasteiger partial charge in [-0.1, -0.05) is 23.7 Å². The van der Waals surface area contributed by atoms with Gasteiger partial charge in [0.05, 0.1) is 6.61 Å². The van der Waals surface area contributed by atoms with Gasteiger partial charge in [-0.3, -0.25) is 9.69 Å². The smallest absolute Gasteiger partial charge is 0.274 e. The van der Waals surface area contributed by atoms with E-state index in [9.17, 15) is 4.79 Å². The molecule has 0 saturated carbocycles. The first-order chi connectivity index (χ1) is 13.0. The third-order valence-corrected chi connectivity index (χ3v) is 5.84. The van der Waals surface area contributed by atoms with Crippen LogP contribution in [0.5, 0.6) is 5.88 Å². The lowest BCUT2D eigenvalue weighted by molar-refractivity contribution is 0.0575. The Hall–Kier alpha value is -2.05. The lowest BCUT2D eigenvalue weighted by Crippen LogP contribution is -2.49. The lowest BCUT2D eigenvalue weighted by Gasteiger charge is -2.38. The van der Waals surface area contributed by atoms with Crippen LogP contribution in [-0.2, 0) is 6.54 Å². The molecule has 7 heteroatoms. The molecule has 0 unspecified atom stereocenters. The molecule has 2 aliphatic rings. The van der Waals surface area contributed by atoms with Crippen molar-refractivity contribution in [2.24, 2.45) is 0 Å². The molecule has 0 spiro atoms. The molecule has 0 aliphatic carbocycles. The van der Waals surface area contributed by atoms with E-state index in [0.29, 0.717) is 31.4 Å². The first-order valence-corrected chi connectivity index (χ1v) is 9.91. The van der Waals surface area contributed by atoms with Crippen LogP contribution in [0.1, 0.15) is 41.0 Å². The monoisotopic (exact) mass is 388 g/mol. The van der Waals surface area contributed by atoms with Crippen molar-refractivity contribution < 1.29 is 9.53 Å². The largest absolute Gasteiger partial charge is 0.478 e. The number of ether oxygens (including phenoxy) is 1. The number of fused-ring (bicyclic) bond motifs is 1. The maximum absolute atomic E-state index is 13.0. The number of halogens is 1. The highest BCUT2D eigenvalue weighted by atomic mass is 35.5. The predicted molar refractivity (Wildman–Crippen MR) is 104 cm³/mol. The van der Waals surface area contributed by atoms with E-state index in [0.717, 1.165) is 42.5 Å². The second kappa shape index (κ2) is 7.52. The average Bonchev–Trinajstić information content (AvgIpc) is 3.04. The molecule has 2 aromatic rings. The van der Waals surface area contributed by atoms with E-state index in [4.69, 9.17) is 16.3 Å². The Bertz CT molecular complexity index is 825. The number of piperazine rings is 1. The van der Waals surface area contributed by atoms with E-state index in [-0.39, 0.29) is 5.91 Å². The van der Waals surface area contributed by atoms with Gasteiger partial charge in [0, 0.05) is 55.8 Å². The van der Waals surface area contributed by atoms with E-state index in [1.54, 1.807) is 0 Å². The Labute approximate surface area is 164 Å². The summed E-state index contributed by atoms with van der Waals surface area (Å²) < 4.78 is 7.51. The van der Waals surface area contributed by atoms with Crippen molar-refractivity contribution in [3.05, 3.63) is 46.1 Å². The van der Waals surface area contributed by atoms with Gasteiger partial charge in [-0.05, 0) is 31.5 Å². The van der Waals surface area contributed by atoms with E-state index in [1.165, 1.54) is 5.56 Å². The van der Waals surface area contributed by atoms with Crippen LogP contribution < -0.4 is 4.74 Å². The fourth-order valence-corrected chi connectivity index (χ4v) is 4.00. The minimum atomic E-state index is 0.0109. The zero-order valence-electron chi connectivity index (χ0n) is 15.8. The van der Waals surface area contributed by atoms with Gasteiger partial charge in [-0.2, -0.15) is 5.10 Å². The second-order valence-corrected chi connectivity index (χ2v) is 7.70. The van der Waals surface area contributed by atoms with Gasteiger partial charge >= 0.3 is 0 Å². The minimum Gasteiger partial charge on any atom is -0.478 e. The number of aryl methyl sites for hydroxylation is 1. The third-order valence-electron chi connectivity index (χ3n) is 5.59. The number of carbonyl (C=O) groups is 1. The summed E-state index contributed by atoms with van der Waals surface area (Å²) in [5, 5.41) is 5.26. The molecular formula is C20H25ClN4O2. The number of hydrogen-bond acceptors (Lipinski definition) is 4. The predicted octanol–water partition coefficient (Wildman–Crippen LogP) is 3.15. The van der Waals surface area contributed by atoms with Crippen LogP contribution in [-0.4, -0.2) is 58.3 Å². The van der Waals surface area contributed by atoms with Crippen molar-refractivity contribution >= 4 is 17.5 Å². The number of hydrogen-bond donors (Lipinski definition) is 0. The molecule has 1 saturated heterocycles. The maximum Gasteiger partial charge on any atom is 0.274 e. The molecule has 144 valence electrons. The molecule has 1 fully saturated rings. The summed E-state index contributed by atoms with van der Waals surface area (Å²) in [7, 11) is 0. The van der Waals surface area contributed by atoms with Crippen LogP contribution in [0, 0.1) is 6.92 Å². The average molecular weight is 389 g/mol. The van der Waals surface area contributed by atoms with Crippen molar-refractivity contribution in [3.8, 4) is 5.88 Å². The Balaban J connectivity index is 1.41. The SMILES string of the molecule is Cc1c(C(=O)N2CCN([C@H](C)c3ccc(Cl)cc3)CC2)nn2c1OCCC2. The molecule has 0 radical (unpaired) electrons. The molecule has 1 atom stereocenters. The van der Waals surface area contributed by atoms with Crippen LogP contribution in [0.4, 0.5) is 0 Å². The number of carbonyl (C=O) groups excluding carboxylic acids is 1. The normalized spacial score (nSPS) is 18.7. The summed E-state index contributed by atoms with van der Waals surface area (Å²) in [6.45, 7) is 8.74. The third kappa shape index (κ3) is 3.56. The van der Waals surface area contributed by atoms with Crippen LogP contribution in [0.3, 0.4) is 0 Å². The lowest BCUT2D eigenvalue weighted by atomic mass is 10.1. The number of benzene rings is 1. The molecule has 2 aliphatic heterocycles. The van der Waals surface area contributed by atoms with Gasteiger partial charge in [-0.25, -0.2) is 4.68 Å². The topological polar surface area (TPSA) is 50.6 Å². The summed E-state index contributed by atoms with van der Waals surface area (Å²) in [5.74, 6) is 0.761. The van der Waals surface area contributed by atoms with Crippen molar-refractivity contribution in [3.63, 3.8) is 0 Å². The Kier molecular flexibility index (Phi) is 5.10. The molecule has 6 nitrogen and oxygen atoms in total. The van der Waals surface area contributed by atoms with E-state index in [1.807, 2.05) is 28.6 Å². The van der Waals surface area contributed by atoms with Gasteiger partial charge in [0.15, 0.2) is 5.69 Å². The molecule has 4 rings (SSSR count). The second-order valence-electron chi connectivity index (χ2n) is 7.26. The molecule has 1 aromatic heterocycles. The highest BCUT2D eigenvalue weighted by Crippen LogP contribution is 2.27. The van der Waals surface area contributed by atoms with Crippen LogP contribution >= 0.6 is 11.6 Å². The van der Waals surface area contributed by atoms with E-state index < -0.39 is 0 Å². The standard InChI is InChI=1S/C20H25ClN4O2/c1-14-18(22-25-8-3-13-27-20(14)25)19(26)24-11-9-23(10-12-24)15(2)16-4-6-17(21)7-5-16/h4-7,15H,3,8-13H2,1-2H3/t15-/m1/s1. The number of aromatic nitrogens is 2. The van der Waals surface area contributed by atoms with E-state index >= 15 is 0 Å². The highest BCUT2D eigenvalue weighted by Gasteiger charge is 2.30. The molecule has 27 heavy (non-hydrogen) atoms. The number of nitrogens with zero attached hydrogens (tertiary/aromatic N) is 4. The Morgan fingerprint density at radius 2 is 1.85 bits per heavy atom. The van der Waals surface area contributed by atoms with Crippen molar-refractivity contribution in [1.82, 2.24) is 19.6 Å². The first-order valence-electron chi connectivity index (χ1n) is 9.53. The molecular weight excluding hydrogens is 364 g/mol. The zero-order valence-corrected chi connectivity index (χ0v) is 16.6. The molecule has 1 amide bonds. The molecule has 3 heterocycles. The molecule has 1 aromatic carbocycles. The van der Waals surface area contributed by atoms with Crippen molar-refractivity contribution in [1.29, 1.82) is 0 Å². The summed E-state index contributed by atoms with van der Waals surface area (Å²) in [5.41, 5.74) is 2.64. The Morgan fingerprint density at radius 3 is 2.52 bits per heavy atom. The van der Waals surface area contributed by atoms with Gasteiger partial charge < -0.3 is 9.64 Å². The number of amides is 1. The van der Waals surface area contributed by atoms with Gasteiger partial charge in [0.2, 0.25) is 5.88 Å². The fourth-order valence-electron chi connectivity index (χ4n) is 3.87. The molecule has 0 bridgehead atoms. The maximum atomic E-state index is 13.0. The highest BCUT2D eigenvalue weighted by molar-refractivity contribution is 6.30. The first kappa shape index (κ1) is 18.3. The summed E-state index contributed by atoms with van der Waals surface area (Å²) >= 11 is 5.99. The zero-order chi connectivity index (χ0) is 19.0. The van der Waals surface area contributed by atoms with Gasteiger partial charge in [-0.15, -0.1) is 0 Å². The Morgan fingerprint density at radius 1 is 1.15 bits per heavy atom. The van der Waals surface area contributed by atoms with Crippen LogP contribution in [0.2, 0.25) is 5.02 Å². The minimum absolute atomic E-state index is 0.0109. The summed E-state index contributed by atoms with van der Waals surface area (Å²) in [4.78, 5) is 17.3. The van der Waals surface area contributed by atoms with E-state index in [2.05, 4.69) is 29.1 Å². The van der Waals surface area contributed by atoms with Crippen molar-refractivity contribution in [2.45, 2.75) is 32.9 Å².